The van der Waals surface area contributed by atoms with Crippen LogP contribution in [0.4, 0.5) is 0 Å². The Hall–Kier alpha value is -1.22. The lowest BCUT2D eigenvalue weighted by molar-refractivity contribution is 0.0991. The van der Waals surface area contributed by atoms with Gasteiger partial charge in [0.15, 0.2) is 0 Å². The molecule has 0 saturated heterocycles. The monoisotopic (exact) mass is 206 g/mol. The molecule has 0 unspecified atom stereocenters. The van der Waals surface area contributed by atoms with Gasteiger partial charge in [-0.15, -0.1) is 0 Å². The summed E-state index contributed by atoms with van der Waals surface area (Å²) < 4.78 is 5.64. The molecule has 0 radical (unpaired) electrons. The van der Waals surface area contributed by atoms with Crippen LogP contribution in [0.5, 0.6) is 5.75 Å². The van der Waals surface area contributed by atoms with Crippen LogP contribution in [0.1, 0.15) is 24.2 Å². The summed E-state index contributed by atoms with van der Waals surface area (Å²) >= 11 is 5.07. The van der Waals surface area contributed by atoms with Crippen LogP contribution in [0.15, 0.2) is 24.3 Å². The van der Waals surface area contributed by atoms with E-state index in [-0.39, 0.29) is 5.78 Å². The van der Waals surface area contributed by atoms with Gasteiger partial charge in [0.2, 0.25) is 5.78 Å². The van der Waals surface area contributed by atoms with Gasteiger partial charge in [-0.1, -0.05) is 24.4 Å². The minimum Gasteiger partial charge on any atom is -0.481 e. The maximum atomic E-state index is 11.8. The van der Waals surface area contributed by atoms with Gasteiger partial charge in [0.25, 0.3) is 0 Å². The second-order valence-corrected chi connectivity index (χ2v) is 4.18. The van der Waals surface area contributed by atoms with Gasteiger partial charge < -0.3 is 4.74 Å². The molecule has 1 aromatic rings. The number of benzene rings is 1. The van der Waals surface area contributed by atoms with Crippen molar-refractivity contribution >= 4 is 22.9 Å². The van der Waals surface area contributed by atoms with Crippen molar-refractivity contribution in [1.82, 2.24) is 0 Å². The second-order valence-electron chi connectivity index (χ2n) is 3.77. The summed E-state index contributed by atoms with van der Waals surface area (Å²) in [6, 6.07) is 7.17. The number of rotatable bonds is 0. The van der Waals surface area contributed by atoms with E-state index in [4.69, 9.17) is 17.0 Å². The summed E-state index contributed by atoms with van der Waals surface area (Å²) in [5.41, 5.74) is -0.0994. The van der Waals surface area contributed by atoms with Crippen molar-refractivity contribution in [2.24, 2.45) is 0 Å². The van der Waals surface area contributed by atoms with Crippen LogP contribution >= 0.6 is 12.2 Å². The highest BCUT2D eigenvalue weighted by atomic mass is 32.1. The predicted molar refractivity (Wildman–Crippen MR) is 58.1 cm³/mol. The maximum absolute atomic E-state index is 11.8. The van der Waals surface area contributed by atoms with E-state index in [1.807, 2.05) is 19.9 Å². The number of carbonyl (C=O) groups is 1. The Morgan fingerprint density at radius 1 is 1.29 bits per heavy atom. The molecule has 0 saturated carbocycles. The molecule has 1 aromatic carbocycles. The fraction of sp³-hybridized carbons (Fsp3) is 0.273. The van der Waals surface area contributed by atoms with E-state index >= 15 is 0 Å². The lowest BCUT2D eigenvalue weighted by Crippen LogP contribution is -2.45. The van der Waals surface area contributed by atoms with Gasteiger partial charge in [0, 0.05) is 0 Å². The molecule has 72 valence electrons. The Morgan fingerprint density at radius 2 is 1.93 bits per heavy atom. The maximum Gasteiger partial charge on any atom is 0.207 e. The first kappa shape index (κ1) is 9.34. The minimum atomic E-state index is -0.666. The molecule has 0 amide bonds. The molecule has 0 spiro atoms. The SMILES string of the molecule is CC1(C)Oc2ccccc2C(=O)C1=S. The number of carbonyl (C=O) groups excluding carboxylic acids is 1. The molecule has 1 aliphatic heterocycles. The molecule has 2 rings (SSSR count). The standard InChI is InChI=1S/C11H10O2S/c1-11(2)10(14)9(12)7-5-3-4-6-8(7)13-11/h3-6H,1-2H3. The number of hydrogen-bond acceptors (Lipinski definition) is 3. The van der Waals surface area contributed by atoms with Gasteiger partial charge in [-0.25, -0.2) is 0 Å². The van der Waals surface area contributed by atoms with Gasteiger partial charge in [0.1, 0.15) is 16.2 Å². The first-order valence-electron chi connectivity index (χ1n) is 4.39. The van der Waals surface area contributed by atoms with Gasteiger partial charge in [0.05, 0.1) is 5.56 Å². The summed E-state index contributed by atoms with van der Waals surface area (Å²) in [7, 11) is 0. The fourth-order valence-electron chi connectivity index (χ4n) is 1.46. The zero-order valence-corrected chi connectivity index (χ0v) is 8.85. The minimum absolute atomic E-state index is 0.0909. The molecule has 3 heteroatoms. The van der Waals surface area contributed by atoms with Crippen LogP contribution in [0.3, 0.4) is 0 Å². The first-order valence-corrected chi connectivity index (χ1v) is 4.80. The van der Waals surface area contributed by atoms with Gasteiger partial charge in [-0.3, -0.25) is 4.79 Å². The third-order valence-corrected chi connectivity index (χ3v) is 2.93. The zero-order valence-electron chi connectivity index (χ0n) is 8.03. The molecule has 0 aliphatic carbocycles. The fourth-order valence-corrected chi connectivity index (χ4v) is 1.61. The number of ether oxygens (including phenoxy) is 1. The third kappa shape index (κ3) is 1.24. The highest BCUT2D eigenvalue weighted by Crippen LogP contribution is 2.31. The topological polar surface area (TPSA) is 26.3 Å². The molecule has 0 bridgehead atoms. The molecular formula is C11H10O2S. The Kier molecular flexibility index (Phi) is 1.93. The van der Waals surface area contributed by atoms with Crippen molar-refractivity contribution in [3.05, 3.63) is 29.8 Å². The molecule has 2 nitrogen and oxygen atoms in total. The molecule has 0 atom stereocenters. The van der Waals surface area contributed by atoms with Crippen molar-refractivity contribution in [3.63, 3.8) is 0 Å². The second kappa shape index (κ2) is 2.89. The number of Topliss-reactive ketones (excluding diaryl/α,β-unsaturated/α-hetero) is 1. The average Bonchev–Trinajstić information content (AvgIpc) is 2.14. The zero-order chi connectivity index (χ0) is 10.3. The molecular weight excluding hydrogens is 196 g/mol. The largest absolute Gasteiger partial charge is 0.481 e. The Balaban J connectivity index is 2.59. The third-order valence-electron chi connectivity index (χ3n) is 2.25. The van der Waals surface area contributed by atoms with Crippen LogP contribution in [0.2, 0.25) is 0 Å². The van der Waals surface area contributed by atoms with E-state index in [2.05, 4.69) is 0 Å². The summed E-state index contributed by atoms with van der Waals surface area (Å²) in [5, 5.41) is 0. The van der Waals surface area contributed by atoms with E-state index in [0.717, 1.165) is 0 Å². The highest BCUT2D eigenvalue weighted by Gasteiger charge is 2.37. The Labute approximate surface area is 87.9 Å². The summed E-state index contributed by atoms with van der Waals surface area (Å²) in [4.78, 5) is 12.2. The van der Waals surface area contributed by atoms with Crippen molar-refractivity contribution in [2.45, 2.75) is 19.4 Å². The van der Waals surface area contributed by atoms with Crippen LogP contribution in [-0.4, -0.2) is 16.2 Å². The van der Waals surface area contributed by atoms with Gasteiger partial charge in [-0.2, -0.15) is 0 Å². The lowest BCUT2D eigenvalue weighted by atomic mass is 9.93. The van der Waals surface area contributed by atoms with E-state index in [0.29, 0.717) is 16.2 Å². The average molecular weight is 206 g/mol. The van der Waals surface area contributed by atoms with Crippen molar-refractivity contribution in [1.29, 1.82) is 0 Å². The van der Waals surface area contributed by atoms with Crippen molar-refractivity contribution in [3.8, 4) is 5.75 Å². The summed E-state index contributed by atoms with van der Waals surface area (Å²) in [6.45, 7) is 3.62. The van der Waals surface area contributed by atoms with E-state index in [9.17, 15) is 4.79 Å². The van der Waals surface area contributed by atoms with E-state index in [1.165, 1.54) is 0 Å². The van der Waals surface area contributed by atoms with E-state index < -0.39 is 5.60 Å². The highest BCUT2D eigenvalue weighted by molar-refractivity contribution is 7.82. The first-order chi connectivity index (χ1) is 6.52. The van der Waals surface area contributed by atoms with Gasteiger partial charge in [-0.05, 0) is 26.0 Å². The molecule has 1 heterocycles. The van der Waals surface area contributed by atoms with E-state index in [1.54, 1.807) is 18.2 Å². The number of para-hydroxylation sites is 1. The van der Waals surface area contributed by atoms with Crippen molar-refractivity contribution < 1.29 is 9.53 Å². The van der Waals surface area contributed by atoms with Gasteiger partial charge >= 0.3 is 0 Å². The normalized spacial score (nSPS) is 18.7. The number of fused-ring (bicyclic) bond motifs is 1. The van der Waals surface area contributed by atoms with Crippen LogP contribution in [-0.2, 0) is 0 Å². The number of hydrogen-bond donors (Lipinski definition) is 0. The predicted octanol–water partition coefficient (Wildman–Crippen LogP) is 2.41. The lowest BCUT2D eigenvalue weighted by Gasteiger charge is -2.31. The summed E-state index contributed by atoms with van der Waals surface area (Å²) in [6.07, 6.45) is 0. The molecule has 0 aromatic heterocycles. The molecule has 14 heavy (non-hydrogen) atoms. The van der Waals surface area contributed by atoms with Crippen LogP contribution in [0.25, 0.3) is 0 Å². The summed E-state index contributed by atoms with van der Waals surface area (Å²) in [5.74, 6) is 0.531. The molecule has 1 aliphatic rings. The van der Waals surface area contributed by atoms with Crippen LogP contribution in [0, 0.1) is 0 Å². The Bertz CT molecular complexity index is 421. The molecule has 0 fully saturated rings. The number of ketones is 1. The number of thiocarbonyl (C=S) groups is 1. The quantitative estimate of drug-likeness (QED) is 0.610. The smallest absolute Gasteiger partial charge is 0.207 e. The van der Waals surface area contributed by atoms with Crippen LogP contribution < -0.4 is 4.74 Å². The molecule has 0 N–H and O–H groups in total. The van der Waals surface area contributed by atoms with Crippen molar-refractivity contribution in [2.75, 3.05) is 0 Å². The Morgan fingerprint density at radius 3 is 2.64 bits per heavy atom.